The minimum absolute atomic E-state index is 0.416. The van der Waals surface area contributed by atoms with Crippen molar-refractivity contribution in [2.24, 2.45) is 5.92 Å². The number of unbranched alkanes of at least 4 members (excludes halogenated alkanes) is 8. The van der Waals surface area contributed by atoms with Crippen LogP contribution in [0.4, 0.5) is 0 Å². The van der Waals surface area contributed by atoms with Gasteiger partial charge in [-0.15, -0.1) is 11.6 Å². The molecule has 0 aromatic rings. The zero-order valence-corrected chi connectivity index (χ0v) is 13.1. The van der Waals surface area contributed by atoms with Crippen LogP contribution in [-0.4, -0.2) is 5.38 Å². The lowest BCUT2D eigenvalue weighted by Crippen LogP contribution is -2.03. The highest BCUT2D eigenvalue weighted by Crippen LogP contribution is 2.18. The molecular formula is C16H33Cl. The molecule has 0 aliphatic rings. The fourth-order valence-electron chi connectivity index (χ4n) is 2.31. The predicted molar refractivity (Wildman–Crippen MR) is 80.9 cm³/mol. The molecule has 1 unspecified atom stereocenters. The molecule has 17 heavy (non-hydrogen) atoms. The molecule has 0 aliphatic carbocycles. The van der Waals surface area contributed by atoms with Crippen LogP contribution in [0.15, 0.2) is 0 Å². The standard InChI is InChI=1S/C16H33Cl/c1-4-5-6-7-8-9-10-11-12-13-16(17)14-15(2)3/h15-16H,4-14H2,1-3H3. The molecule has 0 N–H and O–H groups in total. The fourth-order valence-corrected chi connectivity index (χ4v) is 2.82. The van der Waals surface area contributed by atoms with Gasteiger partial charge in [-0.05, 0) is 18.8 Å². The molecule has 104 valence electrons. The van der Waals surface area contributed by atoms with Gasteiger partial charge >= 0.3 is 0 Å². The first-order chi connectivity index (χ1) is 8.16. The number of rotatable bonds is 12. The van der Waals surface area contributed by atoms with Gasteiger partial charge in [0, 0.05) is 5.38 Å². The fraction of sp³-hybridized carbons (Fsp3) is 1.00. The SMILES string of the molecule is CCCCCCCCCCCC(Cl)CC(C)C. The van der Waals surface area contributed by atoms with Gasteiger partial charge in [0.15, 0.2) is 0 Å². The summed E-state index contributed by atoms with van der Waals surface area (Å²) in [5.41, 5.74) is 0. The normalized spacial score (nSPS) is 13.2. The third-order valence-electron chi connectivity index (χ3n) is 3.35. The lowest BCUT2D eigenvalue weighted by Gasteiger charge is -2.11. The van der Waals surface area contributed by atoms with Gasteiger partial charge in [-0.3, -0.25) is 0 Å². The summed E-state index contributed by atoms with van der Waals surface area (Å²) in [5.74, 6) is 0.746. The Morgan fingerprint density at radius 3 is 1.71 bits per heavy atom. The first-order valence-electron chi connectivity index (χ1n) is 7.80. The zero-order valence-electron chi connectivity index (χ0n) is 12.3. The largest absolute Gasteiger partial charge is 0.123 e. The third kappa shape index (κ3) is 14.2. The smallest absolute Gasteiger partial charge is 0.0338 e. The van der Waals surface area contributed by atoms with Crippen LogP contribution in [0.1, 0.15) is 91.4 Å². The lowest BCUT2D eigenvalue weighted by molar-refractivity contribution is 0.509. The van der Waals surface area contributed by atoms with Gasteiger partial charge in [-0.2, -0.15) is 0 Å². The number of hydrogen-bond donors (Lipinski definition) is 0. The maximum absolute atomic E-state index is 6.27. The molecule has 0 heterocycles. The molecule has 0 aliphatic heterocycles. The second-order valence-corrected chi connectivity index (χ2v) is 6.46. The summed E-state index contributed by atoms with van der Waals surface area (Å²) in [6.07, 6.45) is 15.1. The molecule has 0 aromatic heterocycles. The quantitative estimate of drug-likeness (QED) is 0.275. The Hall–Kier alpha value is 0.290. The van der Waals surface area contributed by atoms with Crippen LogP contribution in [0.3, 0.4) is 0 Å². The van der Waals surface area contributed by atoms with Crippen molar-refractivity contribution in [3.05, 3.63) is 0 Å². The maximum Gasteiger partial charge on any atom is 0.0338 e. The van der Waals surface area contributed by atoms with Crippen molar-refractivity contribution in [1.82, 2.24) is 0 Å². The average Bonchev–Trinajstić information content (AvgIpc) is 2.26. The summed E-state index contributed by atoms with van der Waals surface area (Å²) in [6, 6.07) is 0. The molecule has 0 amide bonds. The van der Waals surface area contributed by atoms with E-state index in [4.69, 9.17) is 11.6 Å². The molecule has 0 aromatic carbocycles. The van der Waals surface area contributed by atoms with Gasteiger partial charge in [0.25, 0.3) is 0 Å². The van der Waals surface area contributed by atoms with Crippen molar-refractivity contribution in [2.75, 3.05) is 0 Å². The molecule has 0 fully saturated rings. The molecular weight excluding hydrogens is 228 g/mol. The molecule has 0 bridgehead atoms. The van der Waals surface area contributed by atoms with Gasteiger partial charge in [0.05, 0.1) is 0 Å². The number of halogens is 1. The minimum Gasteiger partial charge on any atom is -0.123 e. The van der Waals surface area contributed by atoms with E-state index in [1.807, 2.05) is 0 Å². The monoisotopic (exact) mass is 260 g/mol. The average molecular weight is 261 g/mol. The van der Waals surface area contributed by atoms with Gasteiger partial charge in [0.1, 0.15) is 0 Å². The highest BCUT2D eigenvalue weighted by atomic mass is 35.5. The Labute approximate surface area is 115 Å². The first-order valence-corrected chi connectivity index (χ1v) is 8.24. The van der Waals surface area contributed by atoms with Crippen molar-refractivity contribution in [1.29, 1.82) is 0 Å². The molecule has 0 radical (unpaired) electrons. The lowest BCUT2D eigenvalue weighted by atomic mass is 10.0. The van der Waals surface area contributed by atoms with Crippen LogP contribution >= 0.6 is 11.6 Å². The summed E-state index contributed by atoms with van der Waals surface area (Å²) in [7, 11) is 0. The van der Waals surface area contributed by atoms with Crippen molar-refractivity contribution in [3.63, 3.8) is 0 Å². The van der Waals surface area contributed by atoms with Crippen LogP contribution in [-0.2, 0) is 0 Å². The van der Waals surface area contributed by atoms with E-state index in [9.17, 15) is 0 Å². The summed E-state index contributed by atoms with van der Waals surface area (Å²) < 4.78 is 0. The second-order valence-electron chi connectivity index (χ2n) is 5.84. The molecule has 1 atom stereocenters. The third-order valence-corrected chi connectivity index (χ3v) is 3.74. The Bertz CT molecular complexity index is 142. The summed E-state index contributed by atoms with van der Waals surface area (Å²) in [5, 5.41) is 0.416. The van der Waals surface area contributed by atoms with E-state index in [-0.39, 0.29) is 0 Å². The Morgan fingerprint density at radius 1 is 0.765 bits per heavy atom. The Kier molecular flexibility index (Phi) is 13.0. The number of hydrogen-bond acceptors (Lipinski definition) is 0. The summed E-state index contributed by atoms with van der Waals surface area (Å²) in [4.78, 5) is 0. The van der Waals surface area contributed by atoms with E-state index in [2.05, 4.69) is 20.8 Å². The second kappa shape index (κ2) is 12.7. The van der Waals surface area contributed by atoms with E-state index in [1.54, 1.807) is 0 Å². The van der Waals surface area contributed by atoms with Crippen molar-refractivity contribution in [3.8, 4) is 0 Å². The molecule has 0 saturated carbocycles. The van der Waals surface area contributed by atoms with Crippen LogP contribution < -0.4 is 0 Å². The summed E-state index contributed by atoms with van der Waals surface area (Å²) in [6.45, 7) is 6.79. The predicted octanol–water partition coefficient (Wildman–Crippen LogP) is 6.56. The van der Waals surface area contributed by atoms with Crippen molar-refractivity contribution < 1.29 is 0 Å². The molecule has 0 spiro atoms. The van der Waals surface area contributed by atoms with E-state index < -0.39 is 0 Å². The molecule has 0 saturated heterocycles. The Morgan fingerprint density at radius 2 is 1.24 bits per heavy atom. The van der Waals surface area contributed by atoms with Gasteiger partial charge in [-0.1, -0.05) is 78.6 Å². The zero-order chi connectivity index (χ0) is 12.9. The van der Waals surface area contributed by atoms with Crippen molar-refractivity contribution in [2.45, 2.75) is 96.8 Å². The topological polar surface area (TPSA) is 0 Å². The van der Waals surface area contributed by atoms with Crippen LogP contribution in [0, 0.1) is 5.92 Å². The minimum atomic E-state index is 0.416. The van der Waals surface area contributed by atoms with E-state index in [1.165, 1.54) is 70.6 Å². The van der Waals surface area contributed by atoms with E-state index in [0.29, 0.717) is 5.38 Å². The maximum atomic E-state index is 6.27. The van der Waals surface area contributed by atoms with Crippen LogP contribution in [0.25, 0.3) is 0 Å². The Balaban J connectivity index is 3.07. The highest BCUT2D eigenvalue weighted by Gasteiger charge is 2.06. The molecule has 0 rings (SSSR count). The summed E-state index contributed by atoms with van der Waals surface area (Å²) >= 11 is 6.27. The van der Waals surface area contributed by atoms with E-state index in [0.717, 1.165) is 5.92 Å². The van der Waals surface area contributed by atoms with Crippen LogP contribution in [0.5, 0.6) is 0 Å². The highest BCUT2D eigenvalue weighted by molar-refractivity contribution is 6.20. The van der Waals surface area contributed by atoms with Gasteiger partial charge in [0.2, 0.25) is 0 Å². The van der Waals surface area contributed by atoms with Gasteiger partial charge < -0.3 is 0 Å². The molecule has 0 nitrogen and oxygen atoms in total. The van der Waals surface area contributed by atoms with Crippen LogP contribution in [0.2, 0.25) is 0 Å². The molecule has 1 heteroatoms. The van der Waals surface area contributed by atoms with Crippen molar-refractivity contribution >= 4 is 11.6 Å². The first kappa shape index (κ1) is 17.3. The number of alkyl halides is 1. The van der Waals surface area contributed by atoms with Gasteiger partial charge in [-0.25, -0.2) is 0 Å². The van der Waals surface area contributed by atoms with E-state index >= 15 is 0 Å².